The molecular formula is C63H106O6. The van der Waals surface area contributed by atoms with Gasteiger partial charge in [0.2, 0.25) is 0 Å². The van der Waals surface area contributed by atoms with Crippen molar-refractivity contribution in [3.63, 3.8) is 0 Å². The van der Waals surface area contributed by atoms with Crippen molar-refractivity contribution in [2.75, 3.05) is 13.2 Å². The lowest BCUT2D eigenvalue weighted by atomic mass is 10.1. The number of hydrogen-bond donors (Lipinski definition) is 0. The minimum Gasteiger partial charge on any atom is -0.462 e. The number of carbonyl (C=O) groups excluding carboxylic acids is 3. The highest BCUT2D eigenvalue weighted by Gasteiger charge is 2.19. The fourth-order valence-electron chi connectivity index (χ4n) is 7.74. The standard InChI is InChI=1S/C63H106O6/c1-4-7-10-13-16-19-22-25-28-31-34-37-40-43-46-49-52-55-61(64)67-58-60(69-63(66)57-54-51-48-45-42-39-36-33-30-27-24-21-18-15-12-9-6-3)59-68-62(65)56-53-50-47-44-41-38-35-32-29-26-23-20-17-14-11-8-5-2/h7,10,16,19,25-30,34-35,37-38,44,47,60H,4-6,8-9,11-15,17-18,20-24,31-33,36,39-43,45-46,48-59H2,1-3H3/b10-7-,19-16-,28-25-,29-26-,30-27-,37-34-,38-35-,47-44-/t60-/m1/s1. The first kappa shape index (κ1) is 65.3. The van der Waals surface area contributed by atoms with Gasteiger partial charge in [-0.2, -0.15) is 0 Å². The van der Waals surface area contributed by atoms with E-state index in [1.807, 2.05) is 0 Å². The van der Waals surface area contributed by atoms with Gasteiger partial charge in [-0.3, -0.25) is 14.4 Å². The van der Waals surface area contributed by atoms with Crippen LogP contribution in [0.4, 0.5) is 0 Å². The number of esters is 3. The van der Waals surface area contributed by atoms with Crippen LogP contribution < -0.4 is 0 Å². The average Bonchev–Trinajstić information content (AvgIpc) is 3.35. The zero-order valence-electron chi connectivity index (χ0n) is 45.0. The first-order chi connectivity index (χ1) is 34.0. The molecule has 69 heavy (non-hydrogen) atoms. The maximum atomic E-state index is 12.9. The van der Waals surface area contributed by atoms with E-state index in [1.54, 1.807) is 0 Å². The summed E-state index contributed by atoms with van der Waals surface area (Å²) in [6.07, 6.45) is 75.4. The van der Waals surface area contributed by atoms with Crippen molar-refractivity contribution in [3.05, 3.63) is 97.2 Å². The van der Waals surface area contributed by atoms with Crippen molar-refractivity contribution < 1.29 is 28.6 Å². The fourth-order valence-corrected chi connectivity index (χ4v) is 7.74. The van der Waals surface area contributed by atoms with E-state index in [1.165, 1.54) is 122 Å². The lowest BCUT2D eigenvalue weighted by Crippen LogP contribution is -2.30. The van der Waals surface area contributed by atoms with Gasteiger partial charge in [0.05, 0.1) is 0 Å². The lowest BCUT2D eigenvalue weighted by molar-refractivity contribution is -0.167. The van der Waals surface area contributed by atoms with Crippen LogP contribution in [0, 0.1) is 0 Å². The second-order valence-electron chi connectivity index (χ2n) is 18.8. The van der Waals surface area contributed by atoms with E-state index in [4.69, 9.17) is 14.2 Å². The summed E-state index contributed by atoms with van der Waals surface area (Å²) in [4.78, 5) is 38.1. The van der Waals surface area contributed by atoms with Gasteiger partial charge in [-0.15, -0.1) is 0 Å². The second kappa shape index (κ2) is 56.9. The Balaban J connectivity index is 4.51. The number of rotatable bonds is 51. The molecule has 0 aliphatic rings. The highest BCUT2D eigenvalue weighted by Crippen LogP contribution is 2.14. The van der Waals surface area contributed by atoms with Gasteiger partial charge in [0.15, 0.2) is 6.10 Å². The van der Waals surface area contributed by atoms with E-state index in [9.17, 15) is 14.4 Å². The van der Waals surface area contributed by atoms with Gasteiger partial charge in [0.25, 0.3) is 0 Å². The van der Waals surface area contributed by atoms with Gasteiger partial charge in [-0.1, -0.05) is 227 Å². The third-order valence-corrected chi connectivity index (χ3v) is 12.0. The zero-order valence-corrected chi connectivity index (χ0v) is 45.0. The van der Waals surface area contributed by atoms with E-state index in [-0.39, 0.29) is 37.5 Å². The van der Waals surface area contributed by atoms with Crippen LogP contribution in [-0.4, -0.2) is 37.2 Å². The average molecular weight is 960 g/mol. The molecule has 0 aromatic carbocycles. The number of allylic oxidation sites excluding steroid dienone is 16. The Labute approximate surface area is 426 Å². The van der Waals surface area contributed by atoms with E-state index < -0.39 is 6.10 Å². The van der Waals surface area contributed by atoms with Gasteiger partial charge < -0.3 is 14.2 Å². The Morgan fingerprint density at radius 2 is 0.580 bits per heavy atom. The summed E-state index contributed by atoms with van der Waals surface area (Å²) in [6, 6.07) is 0. The molecule has 0 aliphatic carbocycles. The molecule has 0 saturated heterocycles. The third kappa shape index (κ3) is 55.1. The SMILES string of the molecule is CC/C=C\C/C=C\C/C=C\C/C=C\CCCCCCC(=O)OC[C@H](COC(=O)CCC/C=C\C/C=C\C/C=C\CCCCCCCC)OC(=O)CCCCCCCCC/C=C\CCCCCCCC. The van der Waals surface area contributed by atoms with Crippen molar-refractivity contribution in [1.82, 2.24) is 0 Å². The van der Waals surface area contributed by atoms with Crippen molar-refractivity contribution in [3.8, 4) is 0 Å². The maximum Gasteiger partial charge on any atom is 0.306 e. The number of unbranched alkanes of at least 4 members (excludes halogenated alkanes) is 24. The topological polar surface area (TPSA) is 78.9 Å². The summed E-state index contributed by atoms with van der Waals surface area (Å²) in [5, 5.41) is 0. The van der Waals surface area contributed by atoms with Crippen LogP contribution in [0.1, 0.15) is 265 Å². The number of ether oxygens (including phenoxy) is 3. The Morgan fingerprint density at radius 3 is 0.957 bits per heavy atom. The molecule has 0 amide bonds. The monoisotopic (exact) mass is 959 g/mol. The van der Waals surface area contributed by atoms with Crippen molar-refractivity contribution in [2.24, 2.45) is 0 Å². The second-order valence-corrected chi connectivity index (χ2v) is 18.8. The summed E-state index contributed by atoms with van der Waals surface area (Å²) >= 11 is 0. The van der Waals surface area contributed by atoms with Crippen LogP contribution in [0.15, 0.2) is 97.2 Å². The molecule has 0 radical (unpaired) electrons. The molecule has 6 nitrogen and oxygen atoms in total. The van der Waals surface area contributed by atoms with Crippen molar-refractivity contribution in [1.29, 1.82) is 0 Å². The highest BCUT2D eigenvalue weighted by atomic mass is 16.6. The molecule has 0 aromatic rings. The zero-order chi connectivity index (χ0) is 50.0. The minimum atomic E-state index is -0.812. The van der Waals surface area contributed by atoms with E-state index in [0.29, 0.717) is 19.3 Å². The molecule has 0 aromatic heterocycles. The molecule has 0 saturated carbocycles. The molecule has 0 N–H and O–H groups in total. The smallest absolute Gasteiger partial charge is 0.306 e. The first-order valence-electron chi connectivity index (χ1n) is 28.7. The minimum absolute atomic E-state index is 0.108. The van der Waals surface area contributed by atoms with Gasteiger partial charge >= 0.3 is 17.9 Å². The molecular weight excluding hydrogens is 853 g/mol. The van der Waals surface area contributed by atoms with Crippen LogP contribution in [-0.2, 0) is 28.6 Å². The molecule has 0 fully saturated rings. The van der Waals surface area contributed by atoms with Crippen LogP contribution in [0.5, 0.6) is 0 Å². The number of carbonyl (C=O) groups is 3. The summed E-state index contributed by atoms with van der Waals surface area (Å²) in [7, 11) is 0. The quantitative estimate of drug-likeness (QED) is 0.0262. The Kier molecular flexibility index (Phi) is 53.9. The molecule has 0 spiro atoms. The Morgan fingerprint density at radius 1 is 0.304 bits per heavy atom. The molecule has 0 rings (SSSR count). The van der Waals surface area contributed by atoms with Gasteiger partial charge in [0, 0.05) is 19.3 Å². The molecule has 0 heterocycles. The van der Waals surface area contributed by atoms with Gasteiger partial charge in [-0.25, -0.2) is 0 Å². The van der Waals surface area contributed by atoms with Crippen LogP contribution in [0.2, 0.25) is 0 Å². The van der Waals surface area contributed by atoms with Crippen LogP contribution in [0.3, 0.4) is 0 Å². The predicted octanol–water partition coefficient (Wildman–Crippen LogP) is 19.3. The summed E-state index contributed by atoms with van der Waals surface area (Å²) in [5.41, 5.74) is 0. The summed E-state index contributed by atoms with van der Waals surface area (Å²) in [6.45, 7) is 6.45. The molecule has 0 unspecified atom stereocenters. The molecule has 0 aliphatic heterocycles. The molecule has 6 heteroatoms. The van der Waals surface area contributed by atoms with E-state index >= 15 is 0 Å². The summed E-state index contributed by atoms with van der Waals surface area (Å²) in [5.74, 6) is -0.985. The van der Waals surface area contributed by atoms with E-state index in [2.05, 4.69) is 118 Å². The van der Waals surface area contributed by atoms with Crippen molar-refractivity contribution >= 4 is 17.9 Å². The van der Waals surface area contributed by atoms with E-state index in [0.717, 1.165) is 96.3 Å². The van der Waals surface area contributed by atoms with Crippen LogP contribution >= 0.6 is 0 Å². The highest BCUT2D eigenvalue weighted by molar-refractivity contribution is 5.71. The third-order valence-electron chi connectivity index (χ3n) is 12.0. The molecule has 394 valence electrons. The van der Waals surface area contributed by atoms with Crippen LogP contribution in [0.25, 0.3) is 0 Å². The molecule has 0 bridgehead atoms. The maximum absolute atomic E-state index is 12.9. The van der Waals surface area contributed by atoms with Gasteiger partial charge in [0.1, 0.15) is 13.2 Å². The van der Waals surface area contributed by atoms with Crippen molar-refractivity contribution in [2.45, 2.75) is 271 Å². The Hall–Kier alpha value is -3.67. The van der Waals surface area contributed by atoms with Gasteiger partial charge in [-0.05, 0) is 116 Å². The molecule has 1 atom stereocenters. The lowest BCUT2D eigenvalue weighted by Gasteiger charge is -2.18. The summed E-state index contributed by atoms with van der Waals surface area (Å²) < 4.78 is 16.8. The first-order valence-corrected chi connectivity index (χ1v) is 28.7. The fraction of sp³-hybridized carbons (Fsp3) is 0.698. The normalized spacial score (nSPS) is 12.8. The predicted molar refractivity (Wildman–Crippen MR) is 297 cm³/mol. The largest absolute Gasteiger partial charge is 0.462 e. The Bertz CT molecular complexity index is 1380. The number of hydrogen-bond acceptors (Lipinski definition) is 6.